The highest BCUT2D eigenvalue weighted by molar-refractivity contribution is 7.99. The maximum atomic E-state index is 12.1. The fraction of sp³-hybridized carbons (Fsp3) is 0.250. The molecule has 24 heavy (non-hydrogen) atoms. The molecule has 6 nitrogen and oxygen atoms in total. The molecular formula is C16H15ClN4O2S. The lowest BCUT2D eigenvalue weighted by Crippen LogP contribution is -2.16. The summed E-state index contributed by atoms with van der Waals surface area (Å²) in [5.41, 5.74) is 1.15. The predicted octanol–water partition coefficient (Wildman–Crippen LogP) is 2.98. The van der Waals surface area contributed by atoms with Crippen molar-refractivity contribution in [1.82, 2.24) is 9.97 Å². The van der Waals surface area contributed by atoms with E-state index in [4.69, 9.17) is 16.9 Å². The standard InChI is InChI=1S/C16H15ClN4O2S/c1-2-3-12-7-14(22)21-16(19-12)24-9-15(23)20-13-6-11(17)5-4-10(13)8-18/h4-7H,2-3,9H2,1H3,(H,20,23)(H,19,21,22). The summed E-state index contributed by atoms with van der Waals surface area (Å²) in [6, 6.07) is 8.09. The van der Waals surface area contributed by atoms with Gasteiger partial charge in [0.15, 0.2) is 5.16 Å². The first-order valence-corrected chi connectivity index (χ1v) is 8.60. The van der Waals surface area contributed by atoms with Crippen LogP contribution in [0.1, 0.15) is 24.6 Å². The van der Waals surface area contributed by atoms with E-state index in [-0.39, 0.29) is 17.2 Å². The van der Waals surface area contributed by atoms with Crippen molar-refractivity contribution in [3.8, 4) is 6.07 Å². The second-order valence-electron chi connectivity index (χ2n) is 4.93. The molecule has 0 aliphatic heterocycles. The van der Waals surface area contributed by atoms with Crippen LogP contribution in [0.2, 0.25) is 5.02 Å². The number of nitriles is 1. The van der Waals surface area contributed by atoms with Gasteiger partial charge in [0.2, 0.25) is 5.91 Å². The number of nitrogens with zero attached hydrogens (tertiary/aromatic N) is 2. The maximum absolute atomic E-state index is 12.1. The van der Waals surface area contributed by atoms with Crippen LogP contribution >= 0.6 is 23.4 Å². The molecule has 2 N–H and O–H groups in total. The van der Waals surface area contributed by atoms with E-state index in [0.717, 1.165) is 18.2 Å². The molecule has 0 spiro atoms. The number of hydrogen-bond acceptors (Lipinski definition) is 5. The third kappa shape index (κ3) is 5.11. The quantitative estimate of drug-likeness (QED) is 0.608. The fourth-order valence-corrected chi connectivity index (χ4v) is 2.84. The summed E-state index contributed by atoms with van der Waals surface area (Å²) >= 11 is 7.00. The van der Waals surface area contributed by atoms with E-state index in [2.05, 4.69) is 15.3 Å². The van der Waals surface area contributed by atoms with Crippen LogP contribution in [0.3, 0.4) is 0 Å². The first kappa shape index (κ1) is 18.0. The molecule has 8 heteroatoms. The minimum Gasteiger partial charge on any atom is -0.324 e. The molecule has 0 bridgehead atoms. The van der Waals surface area contributed by atoms with Gasteiger partial charge < -0.3 is 10.3 Å². The van der Waals surface area contributed by atoms with E-state index in [1.54, 1.807) is 12.1 Å². The number of amides is 1. The van der Waals surface area contributed by atoms with E-state index >= 15 is 0 Å². The zero-order valence-electron chi connectivity index (χ0n) is 12.9. The second kappa shape index (κ2) is 8.52. The lowest BCUT2D eigenvalue weighted by molar-refractivity contribution is -0.113. The molecular weight excluding hydrogens is 348 g/mol. The molecule has 1 aromatic carbocycles. The Bertz CT molecular complexity index is 845. The normalized spacial score (nSPS) is 10.2. The van der Waals surface area contributed by atoms with Crippen molar-refractivity contribution in [1.29, 1.82) is 5.26 Å². The Morgan fingerprint density at radius 2 is 2.25 bits per heavy atom. The third-order valence-corrected chi connectivity index (χ3v) is 4.10. The number of rotatable bonds is 6. The van der Waals surface area contributed by atoms with Crippen LogP contribution in [-0.2, 0) is 11.2 Å². The van der Waals surface area contributed by atoms with E-state index < -0.39 is 0 Å². The molecule has 124 valence electrons. The summed E-state index contributed by atoms with van der Waals surface area (Å²) in [5, 5.41) is 12.5. The first-order valence-electron chi connectivity index (χ1n) is 7.24. The summed E-state index contributed by atoms with van der Waals surface area (Å²) in [6.07, 6.45) is 1.59. The highest BCUT2D eigenvalue weighted by Crippen LogP contribution is 2.21. The minimum absolute atomic E-state index is 0.0515. The summed E-state index contributed by atoms with van der Waals surface area (Å²) in [5.74, 6) is -0.266. The summed E-state index contributed by atoms with van der Waals surface area (Å²) < 4.78 is 0. The Kier molecular flexibility index (Phi) is 6.41. The van der Waals surface area contributed by atoms with E-state index in [9.17, 15) is 9.59 Å². The third-order valence-electron chi connectivity index (χ3n) is 3.00. The molecule has 1 amide bonds. The number of thioether (sulfide) groups is 1. The van der Waals surface area contributed by atoms with Crippen molar-refractivity contribution in [3.05, 3.63) is 50.9 Å². The van der Waals surface area contributed by atoms with Gasteiger partial charge in [-0.2, -0.15) is 5.26 Å². The topological polar surface area (TPSA) is 98.6 Å². The highest BCUT2D eigenvalue weighted by Gasteiger charge is 2.10. The number of halogens is 1. The van der Waals surface area contributed by atoms with Gasteiger partial charge in [-0.25, -0.2) is 4.98 Å². The van der Waals surface area contributed by atoms with Gasteiger partial charge in [0.25, 0.3) is 5.56 Å². The van der Waals surface area contributed by atoms with Crippen molar-refractivity contribution in [2.75, 3.05) is 11.1 Å². The van der Waals surface area contributed by atoms with Gasteiger partial charge in [0, 0.05) is 16.8 Å². The van der Waals surface area contributed by atoms with Gasteiger partial charge in [-0.3, -0.25) is 9.59 Å². The van der Waals surface area contributed by atoms with Gasteiger partial charge in [-0.1, -0.05) is 36.7 Å². The number of aromatic nitrogens is 2. The monoisotopic (exact) mass is 362 g/mol. The molecule has 2 aromatic rings. The zero-order chi connectivity index (χ0) is 17.5. The number of anilines is 1. The number of carbonyl (C=O) groups is 1. The van der Waals surface area contributed by atoms with Gasteiger partial charge >= 0.3 is 0 Å². The molecule has 0 saturated heterocycles. The van der Waals surface area contributed by atoms with Crippen LogP contribution < -0.4 is 10.9 Å². The lowest BCUT2D eigenvalue weighted by Gasteiger charge is -2.07. The highest BCUT2D eigenvalue weighted by atomic mass is 35.5. The van der Waals surface area contributed by atoms with Gasteiger partial charge in [0.05, 0.1) is 17.0 Å². The van der Waals surface area contributed by atoms with Crippen LogP contribution in [-0.4, -0.2) is 21.6 Å². The molecule has 1 aromatic heterocycles. The van der Waals surface area contributed by atoms with Crippen LogP contribution in [0.4, 0.5) is 5.69 Å². The minimum atomic E-state index is -0.317. The Morgan fingerprint density at radius 1 is 1.46 bits per heavy atom. The Balaban J connectivity index is 2.03. The Hall–Kier alpha value is -2.30. The molecule has 0 radical (unpaired) electrons. The first-order chi connectivity index (χ1) is 11.5. The van der Waals surface area contributed by atoms with Gasteiger partial charge in [0.1, 0.15) is 6.07 Å². The van der Waals surface area contributed by atoms with Crippen molar-refractivity contribution in [2.24, 2.45) is 0 Å². The fourth-order valence-electron chi connectivity index (χ4n) is 1.97. The Labute approximate surface area is 148 Å². The van der Waals surface area contributed by atoms with Crippen molar-refractivity contribution in [3.63, 3.8) is 0 Å². The number of aromatic amines is 1. The number of nitrogens with one attached hydrogen (secondary N) is 2. The van der Waals surface area contributed by atoms with Gasteiger partial charge in [-0.05, 0) is 24.6 Å². The number of carbonyl (C=O) groups excluding carboxylic acids is 1. The zero-order valence-corrected chi connectivity index (χ0v) is 14.5. The second-order valence-corrected chi connectivity index (χ2v) is 6.33. The van der Waals surface area contributed by atoms with Crippen molar-refractivity contribution in [2.45, 2.75) is 24.9 Å². The number of hydrogen-bond donors (Lipinski definition) is 2. The number of H-pyrrole nitrogens is 1. The maximum Gasteiger partial charge on any atom is 0.251 e. The molecule has 0 aliphatic carbocycles. The summed E-state index contributed by atoms with van der Waals surface area (Å²) in [7, 11) is 0. The SMILES string of the molecule is CCCc1cc(=O)[nH]c(SCC(=O)Nc2cc(Cl)ccc2C#N)n1. The molecule has 0 unspecified atom stereocenters. The summed E-state index contributed by atoms with van der Waals surface area (Å²) in [6.45, 7) is 2.00. The molecule has 0 fully saturated rings. The molecule has 0 saturated carbocycles. The molecule has 1 heterocycles. The molecule has 0 aliphatic rings. The predicted molar refractivity (Wildman–Crippen MR) is 94.4 cm³/mol. The van der Waals surface area contributed by atoms with Crippen molar-refractivity contribution >= 4 is 35.0 Å². The van der Waals surface area contributed by atoms with Crippen molar-refractivity contribution < 1.29 is 4.79 Å². The summed E-state index contributed by atoms with van der Waals surface area (Å²) in [4.78, 5) is 30.5. The smallest absolute Gasteiger partial charge is 0.251 e. The van der Waals surface area contributed by atoms with Crippen LogP contribution in [0, 0.1) is 11.3 Å². The Morgan fingerprint density at radius 3 is 2.96 bits per heavy atom. The lowest BCUT2D eigenvalue weighted by atomic mass is 10.2. The van der Waals surface area contributed by atoms with Crippen LogP contribution in [0.25, 0.3) is 0 Å². The van der Waals surface area contributed by atoms with E-state index in [1.165, 1.54) is 12.1 Å². The van der Waals surface area contributed by atoms with E-state index in [0.29, 0.717) is 33.5 Å². The molecule has 0 atom stereocenters. The van der Waals surface area contributed by atoms with Crippen LogP contribution in [0.5, 0.6) is 0 Å². The average molecular weight is 363 g/mol. The largest absolute Gasteiger partial charge is 0.324 e. The van der Waals surface area contributed by atoms with E-state index in [1.807, 2.05) is 13.0 Å². The van der Waals surface area contributed by atoms with Gasteiger partial charge in [-0.15, -0.1) is 0 Å². The molecule has 2 rings (SSSR count). The number of aryl methyl sites for hydroxylation is 1. The average Bonchev–Trinajstić information content (AvgIpc) is 2.53. The van der Waals surface area contributed by atoms with Crippen LogP contribution in [0.15, 0.2) is 34.2 Å². The number of benzene rings is 1.